The van der Waals surface area contributed by atoms with Gasteiger partial charge in [0, 0.05) is 6.54 Å². The summed E-state index contributed by atoms with van der Waals surface area (Å²) in [4.78, 5) is 11.7. The largest absolute Gasteiger partial charge is 0.493 e. The van der Waals surface area contributed by atoms with E-state index < -0.39 is 6.10 Å². The summed E-state index contributed by atoms with van der Waals surface area (Å²) in [5.74, 6) is 3.20. The molecule has 0 aliphatic carbocycles. The first-order valence-electron chi connectivity index (χ1n) is 6.31. The van der Waals surface area contributed by atoms with Gasteiger partial charge in [0.25, 0.3) is 5.91 Å². The third-order valence-electron chi connectivity index (χ3n) is 2.65. The molecule has 108 valence electrons. The number of amides is 1. The Balaban J connectivity index is 2.81. The van der Waals surface area contributed by atoms with Crippen LogP contribution in [0.1, 0.15) is 12.5 Å². The number of terminal acetylenes is 1. The molecule has 1 aromatic rings. The smallest absolute Gasteiger partial charge is 0.261 e. The molecule has 1 atom stereocenters. The van der Waals surface area contributed by atoms with Gasteiger partial charge in [-0.3, -0.25) is 4.79 Å². The highest BCUT2D eigenvalue weighted by Gasteiger charge is 2.16. The predicted octanol–water partition coefficient (Wildman–Crippen LogP) is 0.931. The van der Waals surface area contributed by atoms with Gasteiger partial charge >= 0.3 is 0 Å². The fraction of sp³-hybridized carbons (Fsp3) is 0.400. The molecule has 5 heteroatoms. The molecular weight excluding hydrogens is 256 g/mol. The summed E-state index contributed by atoms with van der Waals surface area (Å²) in [6, 6.07) is 5.60. The summed E-state index contributed by atoms with van der Waals surface area (Å²) in [6.07, 6.45) is 4.45. The van der Waals surface area contributed by atoms with Crippen molar-refractivity contribution in [2.24, 2.45) is 0 Å². The number of ether oxygens (including phenoxy) is 2. The third kappa shape index (κ3) is 4.48. The van der Waals surface area contributed by atoms with Gasteiger partial charge in [-0.2, -0.15) is 0 Å². The summed E-state index contributed by atoms with van der Waals surface area (Å²) >= 11 is 0. The highest BCUT2D eigenvalue weighted by Crippen LogP contribution is 2.29. The second-order valence-corrected chi connectivity index (χ2v) is 4.20. The Kier molecular flexibility index (Phi) is 6.41. The molecule has 0 fully saturated rings. The van der Waals surface area contributed by atoms with Crippen molar-refractivity contribution in [3.8, 4) is 23.8 Å². The molecule has 5 nitrogen and oxygen atoms in total. The molecule has 1 aromatic carbocycles. The third-order valence-corrected chi connectivity index (χ3v) is 2.65. The molecule has 0 saturated carbocycles. The summed E-state index contributed by atoms with van der Waals surface area (Å²) in [7, 11) is 3.42. The van der Waals surface area contributed by atoms with Crippen LogP contribution >= 0.6 is 0 Å². The molecular formula is C15H20N2O3. The van der Waals surface area contributed by atoms with Gasteiger partial charge in [0.2, 0.25) is 0 Å². The molecule has 1 rings (SSSR count). The van der Waals surface area contributed by atoms with Crippen molar-refractivity contribution in [1.82, 2.24) is 10.6 Å². The monoisotopic (exact) mass is 276 g/mol. The molecule has 0 aliphatic heterocycles. The number of benzene rings is 1. The zero-order valence-corrected chi connectivity index (χ0v) is 12.0. The number of carbonyl (C=O) groups is 1. The van der Waals surface area contributed by atoms with E-state index in [2.05, 4.69) is 16.6 Å². The Hall–Kier alpha value is -2.19. The predicted molar refractivity (Wildman–Crippen MR) is 77.7 cm³/mol. The topological polar surface area (TPSA) is 59.6 Å². The fourth-order valence-corrected chi connectivity index (χ4v) is 1.65. The van der Waals surface area contributed by atoms with Crippen LogP contribution in [0.15, 0.2) is 18.2 Å². The molecule has 20 heavy (non-hydrogen) atoms. The van der Waals surface area contributed by atoms with Gasteiger partial charge in [0.15, 0.2) is 17.6 Å². The van der Waals surface area contributed by atoms with Crippen molar-refractivity contribution < 1.29 is 14.3 Å². The average molecular weight is 276 g/mol. The van der Waals surface area contributed by atoms with Crippen molar-refractivity contribution in [2.75, 3.05) is 20.7 Å². The molecule has 0 aromatic heterocycles. The fourth-order valence-electron chi connectivity index (χ4n) is 1.65. The van der Waals surface area contributed by atoms with E-state index in [1.807, 2.05) is 25.2 Å². The molecule has 1 amide bonds. The van der Waals surface area contributed by atoms with Crippen LogP contribution in [-0.4, -0.2) is 32.7 Å². The van der Waals surface area contributed by atoms with Crippen molar-refractivity contribution in [2.45, 2.75) is 19.6 Å². The van der Waals surface area contributed by atoms with E-state index in [1.54, 1.807) is 14.0 Å². The van der Waals surface area contributed by atoms with Gasteiger partial charge < -0.3 is 20.1 Å². The van der Waals surface area contributed by atoms with Crippen LogP contribution in [0.25, 0.3) is 0 Å². The van der Waals surface area contributed by atoms with E-state index in [0.717, 1.165) is 5.56 Å². The molecule has 2 N–H and O–H groups in total. The van der Waals surface area contributed by atoms with E-state index >= 15 is 0 Å². The first-order chi connectivity index (χ1) is 9.62. The van der Waals surface area contributed by atoms with E-state index in [1.165, 1.54) is 0 Å². The van der Waals surface area contributed by atoms with Gasteiger partial charge in [0.05, 0.1) is 13.7 Å². The lowest BCUT2D eigenvalue weighted by Crippen LogP contribution is -2.36. The van der Waals surface area contributed by atoms with Crippen LogP contribution in [0.5, 0.6) is 11.5 Å². The van der Waals surface area contributed by atoms with Gasteiger partial charge in [0.1, 0.15) is 0 Å². The Morgan fingerprint density at radius 1 is 1.45 bits per heavy atom. The van der Waals surface area contributed by atoms with E-state index in [9.17, 15) is 4.79 Å². The lowest BCUT2D eigenvalue weighted by molar-refractivity contribution is -0.127. The Bertz CT molecular complexity index is 494. The minimum atomic E-state index is -0.651. The van der Waals surface area contributed by atoms with Gasteiger partial charge in [-0.25, -0.2) is 0 Å². The first kappa shape index (κ1) is 15.9. The normalized spacial score (nSPS) is 11.3. The van der Waals surface area contributed by atoms with E-state index in [0.29, 0.717) is 18.0 Å². The molecule has 1 unspecified atom stereocenters. The van der Waals surface area contributed by atoms with Gasteiger partial charge in [-0.05, 0) is 31.7 Å². The average Bonchev–Trinajstić information content (AvgIpc) is 2.45. The maximum atomic E-state index is 11.7. The minimum Gasteiger partial charge on any atom is -0.493 e. The molecule has 0 radical (unpaired) electrons. The van der Waals surface area contributed by atoms with Crippen LogP contribution in [-0.2, 0) is 11.3 Å². The number of hydrogen-bond donors (Lipinski definition) is 2. The zero-order valence-electron chi connectivity index (χ0n) is 12.0. The van der Waals surface area contributed by atoms with Gasteiger partial charge in [-0.15, -0.1) is 6.42 Å². The lowest BCUT2D eigenvalue weighted by atomic mass is 10.2. The Labute approximate surface area is 119 Å². The summed E-state index contributed by atoms with van der Waals surface area (Å²) in [6.45, 7) is 2.55. The number of nitrogens with one attached hydrogen (secondary N) is 2. The standard InChI is InChI=1S/C15H20N2O3/c1-5-8-17-15(18)11(2)20-14-9-12(10-16-3)6-7-13(14)19-4/h1,6-7,9,11,16H,8,10H2,2-4H3,(H,17,18). The Morgan fingerprint density at radius 2 is 2.20 bits per heavy atom. The highest BCUT2D eigenvalue weighted by atomic mass is 16.5. The Morgan fingerprint density at radius 3 is 2.80 bits per heavy atom. The summed E-state index contributed by atoms with van der Waals surface area (Å²) in [5.41, 5.74) is 1.04. The number of carbonyl (C=O) groups excluding carboxylic acids is 1. The SMILES string of the molecule is C#CCNC(=O)C(C)Oc1cc(CNC)ccc1OC. The molecule has 0 bridgehead atoms. The van der Waals surface area contributed by atoms with Crippen molar-refractivity contribution in [3.05, 3.63) is 23.8 Å². The zero-order chi connectivity index (χ0) is 15.0. The second kappa shape index (κ2) is 8.08. The quantitative estimate of drug-likeness (QED) is 0.727. The number of rotatable bonds is 7. The second-order valence-electron chi connectivity index (χ2n) is 4.20. The van der Waals surface area contributed by atoms with Crippen LogP contribution in [0.4, 0.5) is 0 Å². The summed E-state index contributed by atoms with van der Waals surface area (Å²) in [5, 5.41) is 5.63. The maximum absolute atomic E-state index is 11.7. The number of methoxy groups -OCH3 is 1. The number of hydrogen-bond acceptors (Lipinski definition) is 4. The van der Waals surface area contributed by atoms with Crippen molar-refractivity contribution >= 4 is 5.91 Å². The van der Waals surface area contributed by atoms with Crippen LogP contribution in [0.2, 0.25) is 0 Å². The van der Waals surface area contributed by atoms with E-state index in [4.69, 9.17) is 15.9 Å². The highest BCUT2D eigenvalue weighted by molar-refractivity contribution is 5.81. The summed E-state index contributed by atoms with van der Waals surface area (Å²) < 4.78 is 10.9. The molecule has 0 heterocycles. The van der Waals surface area contributed by atoms with Crippen LogP contribution < -0.4 is 20.1 Å². The maximum Gasteiger partial charge on any atom is 0.261 e. The molecule has 0 aliphatic rings. The molecule has 0 saturated heterocycles. The van der Waals surface area contributed by atoms with Crippen LogP contribution in [0, 0.1) is 12.3 Å². The molecule has 0 spiro atoms. The van der Waals surface area contributed by atoms with Crippen molar-refractivity contribution in [1.29, 1.82) is 0 Å². The van der Waals surface area contributed by atoms with Gasteiger partial charge in [-0.1, -0.05) is 12.0 Å². The van der Waals surface area contributed by atoms with Crippen molar-refractivity contribution in [3.63, 3.8) is 0 Å². The minimum absolute atomic E-state index is 0.184. The first-order valence-corrected chi connectivity index (χ1v) is 6.31. The van der Waals surface area contributed by atoms with Crippen LogP contribution in [0.3, 0.4) is 0 Å². The van der Waals surface area contributed by atoms with E-state index in [-0.39, 0.29) is 12.5 Å². The lowest BCUT2D eigenvalue weighted by Gasteiger charge is -2.17.